The lowest BCUT2D eigenvalue weighted by Gasteiger charge is -2.46. The van der Waals surface area contributed by atoms with Crippen LogP contribution in [-0.4, -0.2) is 77.6 Å². The van der Waals surface area contributed by atoms with Gasteiger partial charge in [-0.15, -0.1) is 0 Å². The SMILES string of the molecule is CC(C)NC(=O)N1CCN(C2CCN(C(C)(C)C)CC2)CC1. The maximum atomic E-state index is 12.0. The molecule has 2 saturated heterocycles. The number of piperidine rings is 1. The molecule has 0 aromatic carbocycles. The van der Waals surface area contributed by atoms with Crippen LogP contribution in [0.5, 0.6) is 0 Å². The summed E-state index contributed by atoms with van der Waals surface area (Å²) >= 11 is 0. The van der Waals surface area contributed by atoms with Gasteiger partial charge in [0.1, 0.15) is 0 Å². The molecule has 2 aliphatic heterocycles. The van der Waals surface area contributed by atoms with E-state index in [1.165, 1.54) is 25.9 Å². The quantitative estimate of drug-likeness (QED) is 0.848. The Morgan fingerprint density at radius 3 is 2.00 bits per heavy atom. The lowest BCUT2D eigenvalue weighted by Crippen LogP contribution is -2.57. The number of nitrogens with zero attached hydrogens (tertiary/aromatic N) is 3. The van der Waals surface area contributed by atoms with Crippen molar-refractivity contribution in [1.82, 2.24) is 20.0 Å². The van der Waals surface area contributed by atoms with E-state index in [4.69, 9.17) is 0 Å². The van der Waals surface area contributed by atoms with Crippen LogP contribution in [0.4, 0.5) is 4.79 Å². The van der Waals surface area contributed by atoms with Crippen molar-refractivity contribution in [3.8, 4) is 0 Å². The monoisotopic (exact) mass is 310 g/mol. The Labute approximate surface area is 136 Å². The fraction of sp³-hybridized carbons (Fsp3) is 0.941. The van der Waals surface area contributed by atoms with Crippen LogP contribution in [0.2, 0.25) is 0 Å². The molecule has 5 heteroatoms. The van der Waals surface area contributed by atoms with Crippen molar-refractivity contribution in [1.29, 1.82) is 0 Å². The summed E-state index contributed by atoms with van der Waals surface area (Å²) in [5, 5.41) is 2.99. The van der Waals surface area contributed by atoms with Gasteiger partial charge in [-0.1, -0.05) is 0 Å². The number of carbonyl (C=O) groups excluding carboxylic acids is 1. The van der Waals surface area contributed by atoms with Crippen LogP contribution in [0, 0.1) is 0 Å². The molecule has 2 heterocycles. The van der Waals surface area contributed by atoms with Crippen LogP contribution in [0.3, 0.4) is 0 Å². The smallest absolute Gasteiger partial charge is 0.317 e. The summed E-state index contributed by atoms with van der Waals surface area (Å²) in [6.07, 6.45) is 2.52. The minimum atomic E-state index is 0.0946. The topological polar surface area (TPSA) is 38.8 Å². The van der Waals surface area contributed by atoms with Gasteiger partial charge in [0, 0.05) is 56.9 Å². The number of hydrogen-bond acceptors (Lipinski definition) is 3. The number of carbonyl (C=O) groups is 1. The average Bonchev–Trinajstić information content (AvgIpc) is 2.46. The van der Waals surface area contributed by atoms with Crippen molar-refractivity contribution in [3.05, 3.63) is 0 Å². The van der Waals surface area contributed by atoms with Gasteiger partial charge in [0.25, 0.3) is 0 Å². The van der Waals surface area contributed by atoms with Gasteiger partial charge >= 0.3 is 6.03 Å². The molecule has 2 rings (SSSR count). The molecule has 2 amide bonds. The van der Waals surface area contributed by atoms with Gasteiger partial charge in [0.2, 0.25) is 0 Å². The molecule has 0 aromatic heterocycles. The van der Waals surface area contributed by atoms with Gasteiger partial charge in [0.15, 0.2) is 0 Å². The predicted molar refractivity (Wildman–Crippen MR) is 91.2 cm³/mol. The minimum absolute atomic E-state index is 0.0946. The lowest BCUT2D eigenvalue weighted by molar-refractivity contribution is 0.0381. The molecule has 2 aliphatic rings. The van der Waals surface area contributed by atoms with E-state index in [2.05, 4.69) is 35.9 Å². The van der Waals surface area contributed by atoms with Gasteiger partial charge in [-0.2, -0.15) is 0 Å². The normalized spacial score (nSPS) is 23.1. The first-order valence-electron chi connectivity index (χ1n) is 8.82. The van der Waals surface area contributed by atoms with E-state index in [-0.39, 0.29) is 12.1 Å². The third-order valence-electron chi connectivity index (χ3n) is 4.94. The van der Waals surface area contributed by atoms with Crippen molar-refractivity contribution in [3.63, 3.8) is 0 Å². The van der Waals surface area contributed by atoms with E-state index in [1.807, 2.05) is 18.7 Å². The Kier molecular flexibility index (Phi) is 5.72. The highest BCUT2D eigenvalue weighted by molar-refractivity contribution is 5.74. The number of urea groups is 1. The van der Waals surface area contributed by atoms with Gasteiger partial charge in [0.05, 0.1) is 0 Å². The maximum absolute atomic E-state index is 12.0. The summed E-state index contributed by atoms with van der Waals surface area (Å²) in [5.41, 5.74) is 0.290. The van der Waals surface area contributed by atoms with E-state index in [0.717, 1.165) is 26.2 Å². The van der Waals surface area contributed by atoms with Crippen molar-refractivity contribution in [2.24, 2.45) is 0 Å². The Balaban J connectivity index is 1.75. The van der Waals surface area contributed by atoms with Crippen LogP contribution >= 0.6 is 0 Å². The van der Waals surface area contributed by atoms with E-state index < -0.39 is 0 Å². The highest BCUT2D eigenvalue weighted by Crippen LogP contribution is 2.23. The second kappa shape index (κ2) is 7.18. The standard InChI is InChI=1S/C17H34N4O/c1-14(2)18-16(22)20-12-10-19(11-13-20)15-6-8-21(9-7-15)17(3,4)5/h14-15H,6-13H2,1-5H3,(H,18,22). The Morgan fingerprint density at radius 2 is 1.55 bits per heavy atom. The van der Waals surface area contributed by atoms with Gasteiger partial charge < -0.3 is 10.2 Å². The zero-order chi connectivity index (χ0) is 16.3. The second-order valence-electron chi connectivity index (χ2n) is 8.02. The third kappa shape index (κ3) is 4.59. The first-order valence-corrected chi connectivity index (χ1v) is 8.82. The Hall–Kier alpha value is -0.810. The van der Waals surface area contributed by atoms with Crippen LogP contribution in [0.1, 0.15) is 47.5 Å². The maximum Gasteiger partial charge on any atom is 0.317 e. The molecular weight excluding hydrogens is 276 g/mol. The molecule has 0 saturated carbocycles. The first kappa shape index (κ1) is 17.5. The van der Waals surface area contributed by atoms with Gasteiger partial charge in [-0.3, -0.25) is 9.80 Å². The summed E-state index contributed by atoms with van der Waals surface area (Å²) < 4.78 is 0. The zero-order valence-corrected chi connectivity index (χ0v) is 15.1. The van der Waals surface area contributed by atoms with Crippen molar-refractivity contribution in [2.45, 2.75) is 65.1 Å². The van der Waals surface area contributed by atoms with Crippen molar-refractivity contribution >= 4 is 6.03 Å². The molecule has 0 aromatic rings. The summed E-state index contributed by atoms with van der Waals surface area (Å²) in [7, 11) is 0. The fourth-order valence-corrected chi connectivity index (χ4v) is 3.53. The molecule has 0 bridgehead atoms. The fourth-order valence-electron chi connectivity index (χ4n) is 3.53. The number of amides is 2. The second-order valence-corrected chi connectivity index (χ2v) is 8.02. The number of piperazine rings is 1. The van der Waals surface area contributed by atoms with Crippen molar-refractivity contribution in [2.75, 3.05) is 39.3 Å². The molecule has 2 fully saturated rings. The third-order valence-corrected chi connectivity index (χ3v) is 4.94. The molecule has 1 N–H and O–H groups in total. The van der Waals surface area contributed by atoms with Crippen LogP contribution in [0.25, 0.3) is 0 Å². The molecule has 22 heavy (non-hydrogen) atoms. The Bertz CT molecular complexity index is 361. The average molecular weight is 310 g/mol. The number of rotatable bonds is 2. The van der Waals surface area contributed by atoms with E-state index in [9.17, 15) is 4.79 Å². The number of likely N-dealkylation sites (tertiary alicyclic amines) is 1. The molecular formula is C17H34N4O. The zero-order valence-electron chi connectivity index (χ0n) is 15.1. The summed E-state index contributed by atoms with van der Waals surface area (Å²) in [6, 6.07) is 1.01. The molecule has 5 nitrogen and oxygen atoms in total. The summed E-state index contributed by atoms with van der Waals surface area (Å²) in [5.74, 6) is 0. The van der Waals surface area contributed by atoms with Gasteiger partial charge in [-0.05, 0) is 47.5 Å². The van der Waals surface area contributed by atoms with E-state index in [0.29, 0.717) is 11.6 Å². The lowest BCUT2D eigenvalue weighted by atomic mass is 9.96. The number of nitrogens with one attached hydrogen (secondary N) is 1. The van der Waals surface area contributed by atoms with E-state index >= 15 is 0 Å². The summed E-state index contributed by atoms with van der Waals surface area (Å²) in [4.78, 5) is 19.2. The highest BCUT2D eigenvalue weighted by Gasteiger charge is 2.31. The highest BCUT2D eigenvalue weighted by atomic mass is 16.2. The predicted octanol–water partition coefficient (Wildman–Crippen LogP) is 1.98. The van der Waals surface area contributed by atoms with Crippen LogP contribution < -0.4 is 5.32 Å². The number of hydrogen-bond donors (Lipinski definition) is 1. The van der Waals surface area contributed by atoms with Gasteiger partial charge in [-0.25, -0.2) is 4.79 Å². The van der Waals surface area contributed by atoms with Crippen LogP contribution in [0.15, 0.2) is 0 Å². The molecule has 0 spiro atoms. The summed E-state index contributed by atoms with van der Waals surface area (Å²) in [6.45, 7) is 17.1. The minimum Gasteiger partial charge on any atom is -0.336 e. The van der Waals surface area contributed by atoms with E-state index in [1.54, 1.807) is 0 Å². The van der Waals surface area contributed by atoms with Crippen molar-refractivity contribution < 1.29 is 4.79 Å². The molecule has 0 unspecified atom stereocenters. The molecule has 0 radical (unpaired) electrons. The van der Waals surface area contributed by atoms with Crippen LogP contribution in [-0.2, 0) is 0 Å². The molecule has 0 aliphatic carbocycles. The largest absolute Gasteiger partial charge is 0.336 e. The molecule has 0 atom stereocenters. The molecule has 128 valence electrons. The Morgan fingerprint density at radius 1 is 1.00 bits per heavy atom. The first-order chi connectivity index (χ1) is 10.3.